The monoisotopic (exact) mass is 263 g/mol. The molecule has 2 rings (SSSR count). The van der Waals surface area contributed by atoms with E-state index in [1.807, 2.05) is 6.07 Å². The molecule has 1 aromatic carbocycles. The molecule has 0 bridgehead atoms. The van der Waals surface area contributed by atoms with Gasteiger partial charge in [-0.2, -0.15) is 5.26 Å². The van der Waals surface area contributed by atoms with Gasteiger partial charge in [-0.3, -0.25) is 4.79 Å². The van der Waals surface area contributed by atoms with E-state index in [1.54, 1.807) is 18.2 Å². The molecule has 1 aliphatic rings. The lowest BCUT2D eigenvalue weighted by molar-refractivity contribution is -0.129. The van der Waals surface area contributed by atoms with Crippen molar-refractivity contribution in [2.45, 2.75) is 19.3 Å². The molecule has 0 saturated heterocycles. The van der Waals surface area contributed by atoms with Crippen LogP contribution in [0.3, 0.4) is 0 Å². The summed E-state index contributed by atoms with van der Waals surface area (Å²) in [6, 6.07) is 6.84. The van der Waals surface area contributed by atoms with Crippen molar-refractivity contribution in [1.82, 2.24) is 0 Å². The van der Waals surface area contributed by atoms with Crippen molar-refractivity contribution in [3.05, 3.63) is 28.8 Å². The zero-order valence-electron chi connectivity index (χ0n) is 9.87. The van der Waals surface area contributed by atoms with Gasteiger partial charge in [-0.05, 0) is 31.0 Å². The molecular formula is C13H14ClN3O. The molecule has 4 nitrogen and oxygen atoms in total. The fourth-order valence-electron chi connectivity index (χ4n) is 2.08. The molecule has 0 radical (unpaired) electrons. The van der Waals surface area contributed by atoms with E-state index in [0.29, 0.717) is 22.8 Å². The van der Waals surface area contributed by atoms with Crippen LogP contribution in [0.2, 0.25) is 5.02 Å². The number of anilines is 1. The van der Waals surface area contributed by atoms with E-state index in [0.717, 1.165) is 19.3 Å². The van der Waals surface area contributed by atoms with E-state index in [2.05, 4.69) is 5.32 Å². The summed E-state index contributed by atoms with van der Waals surface area (Å²) in [7, 11) is 0. The van der Waals surface area contributed by atoms with Crippen LogP contribution in [0.5, 0.6) is 0 Å². The second-order valence-corrected chi connectivity index (χ2v) is 5.01. The average molecular weight is 264 g/mol. The number of carbonyl (C=O) groups is 1. The van der Waals surface area contributed by atoms with Gasteiger partial charge in [0.1, 0.15) is 6.07 Å². The Morgan fingerprint density at radius 2 is 2.28 bits per heavy atom. The Balaban J connectivity index is 2.15. The molecule has 1 aliphatic carbocycles. The third-order valence-electron chi connectivity index (χ3n) is 3.53. The maximum absolute atomic E-state index is 12.1. The Bertz CT molecular complexity index is 512. The number of halogens is 1. The molecule has 1 saturated carbocycles. The molecule has 0 aliphatic heterocycles. The van der Waals surface area contributed by atoms with E-state index in [9.17, 15) is 4.79 Å². The van der Waals surface area contributed by atoms with Crippen molar-refractivity contribution in [2.75, 3.05) is 11.9 Å². The predicted molar refractivity (Wildman–Crippen MR) is 70.1 cm³/mol. The summed E-state index contributed by atoms with van der Waals surface area (Å²) >= 11 is 5.83. The number of rotatable bonds is 3. The Kier molecular flexibility index (Phi) is 3.55. The zero-order valence-corrected chi connectivity index (χ0v) is 10.6. The van der Waals surface area contributed by atoms with E-state index >= 15 is 0 Å². The molecular weight excluding hydrogens is 250 g/mol. The van der Waals surface area contributed by atoms with Crippen LogP contribution in [-0.2, 0) is 4.79 Å². The van der Waals surface area contributed by atoms with Gasteiger partial charge in [0.15, 0.2) is 0 Å². The third kappa shape index (κ3) is 2.20. The number of nitriles is 1. The largest absolute Gasteiger partial charge is 0.329 e. The maximum atomic E-state index is 12.1. The Morgan fingerprint density at radius 3 is 2.78 bits per heavy atom. The topological polar surface area (TPSA) is 78.9 Å². The molecule has 0 atom stereocenters. The maximum Gasteiger partial charge on any atom is 0.231 e. The minimum Gasteiger partial charge on any atom is -0.329 e. The van der Waals surface area contributed by atoms with Crippen LogP contribution in [0.15, 0.2) is 18.2 Å². The highest BCUT2D eigenvalue weighted by Gasteiger charge is 2.42. The summed E-state index contributed by atoms with van der Waals surface area (Å²) in [6.45, 7) is 0.359. The van der Waals surface area contributed by atoms with Crippen molar-refractivity contribution in [3.63, 3.8) is 0 Å². The van der Waals surface area contributed by atoms with E-state index in [1.165, 1.54) is 0 Å². The van der Waals surface area contributed by atoms with Gasteiger partial charge in [-0.15, -0.1) is 0 Å². The van der Waals surface area contributed by atoms with Crippen molar-refractivity contribution in [2.24, 2.45) is 11.1 Å². The molecule has 94 valence electrons. The number of carbonyl (C=O) groups excluding carboxylic acids is 1. The number of benzene rings is 1. The first-order valence-corrected chi connectivity index (χ1v) is 6.20. The molecule has 1 fully saturated rings. The zero-order chi connectivity index (χ0) is 13.2. The molecule has 1 amide bonds. The van der Waals surface area contributed by atoms with Crippen LogP contribution in [0.4, 0.5) is 5.69 Å². The quantitative estimate of drug-likeness (QED) is 0.878. The highest BCUT2D eigenvalue weighted by atomic mass is 35.5. The standard InChI is InChI=1S/C13H14ClN3O/c14-11-3-2-10(6-9(11)7-15)17-12(18)13(8-16)4-1-5-13/h2-3,6H,1,4-5,8,16H2,(H,17,18). The van der Waals surface area contributed by atoms with Gasteiger partial charge >= 0.3 is 0 Å². The highest BCUT2D eigenvalue weighted by molar-refractivity contribution is 6.31. The summed E-state index contributed by atoms with van der Waals surface area (Å²) in [6.07, 6.45) is 2.69. The molecule has 3 N–H and O–H groups in total. The Hall–Kier alpha value is -1.57. The van der Waals surface area contributed by atoms with Crippen LogP contribution in [0, 0.1) is 16.7 Å². The summed E-state index contributed by atoms with van der Waals surface area (Å²) < 4.78 is 0. The van der Waals surface area contributed by atoms with Crippen LogP contribution < -0.4 is 11.1 Å². The van der Waals surface area contributed by atoms with Crippen LogP contribution in [0.25, 0.3) is 0 Å². The van der Waals surface area contributed by atoms with Gasteiger partial charge in [0.25, 0.3) is 0 Å². The highest BCUT2D eigenvalue weighted by Crippen LogP contribution is 2.40. The van der Waals surface area contributed by atoms with Crippen LogP contribution >= 0.6 is 11.6 Å². The number of nitrogens with zero attached hydrogens (tertiary/aromatic N) is 1. The summed E-state index contributed by atoms with van der Waals surface area (Å²) in [5, 5.41) is 12.1. The molecule has 0 spiro atoms. The normalized spacial score (nSPS) is 16.5. The first-order valence-electron chi connectivity index (χ1n) is 5.82. The third-order valence-corrected chi connectivity index (χ3v) is 3.86. The van der Waals surface area contributed by atoms with Gasteiger partial charge in [0, 0.05) is 12.2 Å². The molecule has 0 unspecified atom stereocenters. The average Bonchev–Trinajstić information content (AvgIpc) is 2.31. The minimum atomic E-state index is -0.424. The second kappa shape index (κ2) is 4.97. The number of amides is 1. The van der Waals surface area contributed by atoms with Crippen LogP contribution in [0.1, 0.15) is 24.8 Å². The molecule has 5 heteroatoms. The number of hydrogen-bond donors (Lipinski definition) is 2. The number of nitrogens with one attached hydrogen (secondary N) is 1. The Morgan fingerprint density at radius 1 is 1.56 bits per heavy atom. The van der Waals surface area contributed by atoms with Crippen molar-refractivity contribution < 1.29 is 4.79 Å². The van der Waals surface area contributed by atoms with E-state index in [4.69, 9.17) is 22.6 Å². The smallest absolute Gasteiger partial charge is 0.231 e. The van der Waals surface area contributed by atoms with Gasteiger partial charge in [-0.1, -0.05) is 18.0 Å². The van der Waals surface area contributed by atoms with Gasteiger partial charge < -0.3 is 11.1 Å². The van der Waals surface area contributed by atoms with Gasteiger partial charge in [-0.25, -0.2) is 0 Å². The fourth-order valence-corrected chi connectivity index (χ4v) is 2.24. The SMILES string of the molecule is N#Cc1cc(NC(=O)C2(CN)CCC2)ccc1Cl. The Labute approximate surface area is 111 Å². The summed E-state index contributed by atoms with van der Waals surface area (Å²) in [5.41, 5.74) is 6.18. The summed E-state index contributed by atoms with van der Waals surface area (Å²) in [4.78, 5) is 12.1. The molecule has 1 aromatic rings. The van der Waals surface area contributed by atoms with E-state index < -0.39 is 5.41 Å². The second-order valence-electron chi connectivity index (χ2n) is 4.60. The van der Waals surface area contributed by atoms with Gasteiger partial charge in [0.05, 0.1) is 16.0 Å². The molecule has 18 heavy (non-hydrogen) atoms. The van der Waals surface area contributed by atoms with Crippen molar-refractivity contribution in [3.8, 4) is 6.07 Å². The first-order chi connectivity index (χ1) is 8.61. The van der Waals surface area contributed by atoms with Crippen LogP contribution in [-0.4, -0.2) is 12.5 Å². The summed E-state index contributed by atoms with van der Waals surface area (Å²) in [5.74, 6) is -0.0672. The fraction of sp³-hybridized carbons (Fsp3) is 0.385. The van der Waals surface area contributed by atoms with Crippen molar-refractivity contribution in [1.29, 1.82) is 5.26 Å². The predicted octanol–water partition coefficient (Wildman–Crippen LogP) is 2.28. The lowest BCUT2D eigenvalue weighted by Gasteiger charge is -2.39. The first kappa shape index (κ1) is 12.9. The van der Waals surface area contributed by atoms with Crippen molar-refractivity contribution >= 4 is 23.2 Å². The molecule has 0 heterocycles. The lowest BCUT2D eigenvalue weighted by Crippen LogP contribution is -2.47. The molecule has 0 aromatic heterocycles. The van der Waals surface area contributed by atoms with Gasteiger partial charge in [0.2, 0.25) is 5.91 Å². The minimum absolute atomic E-state index is 0.0672. The van der Waals surface area contributed by atoms with E-state index in [-0.39, 0.29) is 5.91 Å². The lowest BCUT2D eigenvalue weighted by atomic mass is 9.68. The number of hydrogen-bond acceptors (Lipinski definition) is 3. The number of nitrogens with two attached hydrogens (primary N) is 1.